The third-order valence-electron chi connectivity index (χ3n) is 4.58. The minimum atomic E-state index is -0.366. The summed E-state index contributed by atoms with van der Waals surface area (Å²) in [6, 6.07) is 14.1. The molecule has 0 bridgehead atoms. The normalized spacial score (nSPS) is 10.8. The highest BCUT2D eigenvalue weighted by Gasteiger charge is 2.11. The number of hydrogen-bond acceptors (Lipinski definition) is 6. The molecule has 4 aromatic rings. The zero-order valence-corrected chi connectivity index (χ0v) is 16.9. The molecule has 30 heavy (non-hydrogen) atoms. The molecule has 2 aromatic heterocycles. The number of anilines is 1. The monoisotopic (exact) mass is 422 g/mol. The largest absolute Gasteiger partial charge is 0.497 e. The fourth-order valence-corrected chi connectivity index (χ4v) is 3.76. The van der Waals surface area contributed by atoms with Crippen LogP contribution in [0.1, 0.15) is 6.42 Å². The Morgan fingerprint density at radius 1 is 1.13 bits per heavy atom. The maximum atomic E-state index is 12.5. The first-order valence-electron chi connectivity index (χ1n) is 9.17. The second-order valence-electron chi connectivity index (χ2n) is 6.51. The van der Waals surface area contributed by atoms with Crippen molar-refractivity contribution in [2.24, 2.45) is 0 Å². The van der Waals surface area contributed by atoms with Crippen LogP contribution in [0.25, 0.3) is 22.0 Å². The Labute approximate surface area is 174 Å². The van der Waals surface area contributed by atoms with Crippen LogP contribution in [0, 0.1) is 0 Å². The van der Waals surface area contributed by atoms with Gasteiger partial charge in [-0.15, -0.1) is 11.3 Å². The number of hydrogen-bond donors (Lipinski definition) is 2. The third kappa shape index (κ3) is 4.01. The Hall–Kier alpha value is -3.72. The van der Waals surface area contributed by atoms with E-state index in [1.165, 1.54) is 11.3 Å². The van der Waals surface area contributed by atoms with Gasteiger partial charge in [-0.25, -0.2) is 9.67 Å². The Balaban J connectivity index is 1.43. The molecule has 8 nitrogen and oxygen atoms in total. The molecule has 0 radical (unpaired) electrons. The maximum Gasteiger partial charge on any atom is 0.273 e. The van der Waals surface area contributed by atoms with Crippen molar-refractivity contribution in [3.05, 3.63) is 74.6 Å². The number of carbonyl (C=O) groups is 1. The van der Waals surface area contributed by atoms with E-state index in [2.05, 4.69) is 15.4 Å². The second kappa shape index (κ2) is 8.34. The van der Waals surface area contributed by atoms with Gasteiger partial charge in [0.25, 0.3) is 11.1 Å². The Morgan fingerprint density at radius 2 is 1.87 bits per heavy atom. The van der Waals surface area contributed by atoms with E-state index in [1.54, 1.807) is 31.4 Å². The van der Waals surface area contributed by atoms with Crippen LogP contribution in [0.2, 0.25) is 0 Å². The van der Waals surface area contributed by atoms with Gasteiger partial charge in [-0.1, -0.05) is 12.1 Å². The number of nitrogens with one attached hydrogen (secondary N) is 2. The quantitative estimate of drug-likeness (QED) is 0.497. The summed E-state index contributed by atoms with van der Waals surface area (Å²) >= 11 is 1.31. The van der Waals surface area contributed by atoms with Crippen molar-refractivity contribution in [3.8, 4) is 17.0 Å². The van der Waals surface area contributed by atoms with Crippen LogP contribution in [0.4, 0.5) is 5.13 Å². The first kappa shape index (κ1) is 19.6. The highest BCUT2D eigenvalue weighted by Crippen LogP contribution is 2.26. The number of fused-ring (bicyclic) bond motifs is 1. The van der Waals surface area contributed by atoms with Crippen LogP contribution < -0.4 is 21.2 Å². The number of rotatable bonds is 6. The molecule has 2 N–H and O–H groups in total. The van der Waals surface area contributed by atoms with E-state index in [4.69, 9.17) is 4.74 Å². The van der Waals surface area contributed by atoms with E-state index in [1.807, 2.05) is 29.6 Å². The molecular formula is C21H18N4O4S. The molecule has 0 fully saturated rings. The molecule has 9 heteroatoms. The lowest BCUT2D eigenvalue weighted by atomic mass is 10.2. The van der Waals surface area contributed by atoms with E-state index in [0.29, 0.717) is 15.9 Å². The fourth-order valence-electron chi connectivity index (χ4n) is 3.02. The lowest BCUT2D eigenvalue weighted by Gasteiger charge is -2.07. The standard InChI is InChI=1S/C21H18N4O4S/c1-29-14-8-6-13(7-9-14)17-12-30-21(22-17)23-18(26)10-11-25-20(28)16-5-3-2-4-15(16)19(27)24-25/h2-9,12H,10-11H2,1H3,(H,24,27)(H,22,23,26). The van der Waals surface area contributed by atoms with Crippen LogP contribution in [-0.2, 0) is 11.3 Å². The van der Waals surface area contributed by atoms with Gasteiger partial charge in [0.05, 0.1) is 30.1 Å². The van der Waals surface area contributed by atoms with Crippen LogP contribution in [0.3, 0.4) is 0 Å². The molecule has 152 valence electrons. The molecule has 0 saturated heterocycles. The van der Waals surface area contributed by atoms with Crippen LogP contribution >= 0.6 is 11.3 Å². The summed E-state index contributed by atoms with van der Waals surface area (Å²) < 4.78 is 6.31. The van der Waals surface area contributed by atoms with E-state index < -0.39 is 0 Å². The van der Waals surface area contributed by atoms with Crippen molar-refractivity contribution in [1.82, 2.24) is 14.8 Å². The van der Waals surface area contributed by atoms with Crippen molar-refractivity contribution in [2.75, 3.05) is 12.4 Å². The zero-order valence-electron chi connectivity index (χ0n) is 16.0. The van der Waals surface area contributed by atoms with E-state index in [9.17, 15) is 14.4 Å². The Bertz CT molecular complexity index is 1320. The van der Waals surface area contributed by atoms with Gasteiger partial charge in [-0.05, 0) is 36.4 Å². The highest BCUT2D eigenvalue weighted by atomic mass is 32.1. The van der Waals surface area contributed by atoms with Gasteiger partial charge in [0.15, 0.2) is 5.13 Å². The first-order valence-corrected chi connectivity index (χ1v) is 10.0. The number of amides is 1. The van der Waals surface area contributed by atoms with Crippen LogP contribution in [0.5, 0.6) is 5.75 Å². The smallest absolute Gasteiger partial charge is 0.273 e. The number of aryl methyl sites for hydroxylation is 1. The first-order chi connectivity index (χ1) is 14.5. The highest BCUT2D eigenvalue weighted by molar-refractivity contribution is 7.14. The average molecular weight is 422 g/mol. The van der Waals surface area contributed by atoms with Crippen molar-refractivity contribution < 1.29 is 9.53 Å². The average Bonchev–Trinajstić information content (AvgIpc) is 3.23. The minimum absolute atomic E-state index is 0.0195. The van der Waals surface area contributed by atoms with Gasteiger partial charge >= 0.3 is 0 Å². The fraction of sp³-hybridized carbons (Fsp3) is 0.143. The van der Waals surface area contributed by atoms with Gasteiger partial charge in [0, 0.05) is 17.4 Å². The number of ether oxygens (including phenoxy) is 1. The zero-order chi connectivity index (χ0) is 21.1. The minimum Gasteiger partial charge on any atom is -0.497 e. The molecule has 0 atom stereocenters. The summed E-state index contributed by atoms with van der Waals surface area (Å²) in [5.74, 6) is 0.455. The molecule has 2 heterocycles. The molecule has 0 aliphatic carbocycles. The number of benzene rings is 2. The van der Waals surface area contributed by atoms with Crippen LogP contribution in [-0.4, -0.2) is 27.8 Å². The topological polar surface area (TPSA) is 106 Å². The molecule has 0 saturated carbocycles. The maximum absolute atomic E-state index is 12.5. The van der Waals surface area contributed by atoms with Crippen molar-refractivity contribution in [1.29, 1.82) is 0 Å². The lowest BCUT2D eigenvalue weighted by molar-refractivity contribution is -0.116. The number of carbonyl (C=O) groups excluding carboxylic acids is 1. The predicted octanol–water partition coefficient (Wildman–Crippen LogP) is 2.85. The summed E-state index contributed by atoms with van der Waals surface area (Å²) in [5.41, 5.74) is 0.949. The van der Waals surface area contributed by atoms with Crippen molar-refractivity contribution >= 4 is 33.1 Å². The molecule has 0 unspecified atom stereocenters. The summed E-state index contributed by atoms with van der Waals surface area (Å²) in [6.45, 7) is 0.0570. The molecule has 4 rings (SSSR count). The van der Waals surface area contributed by atoms with Gasteiger partial charge in [0.2, 0.25) is 5.91 Å². The molecule has 0 aliphatic rings. The summed E-state index contributed by atoms with van der Waals surface area (Å²) in [5, 5.41) is 8.22. The van der Waals surface area contributed by atoms with E-state index in [0.717, 1.165) is 21.7 Å². The molecule has 0 aliphatic heterocycles. The van der Waals surface area contributed by atoms with Gasteiger partial charge in [-0.3, -0.25) is 19.5 Å². The summed E-state index contributed by atoms with van der Waals surface area (Å²) in [4.78, 5) is 41.4. The van der Waals surface area contributed by atoms with Gasteiger partial charge in [-0.2, -0.15) is 0 Å². The number of H-pyrrole nitrogens is 1. The van der Waals surface area contributed by atoms with E-state index in [-0.39, 0.29) is 30.0 Å². The second-order valence-corrected chi connectivity index (χ2v) is 7.37. The molecule has 2 aromatic carbocycles. The Morgan fingerprint density at radius 3 is 2.60 bits per heavy atom. The third-order valence-corrected chi connectivity index (χ3v) is 5.34. The number of aromatic nitrogens is 3. The molecule has 1 amide bonds. The number of methoxy groups -OCH3 is 1. The number of thiazole rings is 1. The van der Waals surface area contributed by atoms with E-state index >= 15 is 0 Å². The van der Waals surface area contributed by atoms with Crippen LogP contribution in [0.15, 0.2) is 63.5 Å². The summed E-state index contributed by atoms with van der Waals surface area (Å²) in [6.07, 6.45) is 0.0195. The van der Waals surface area contributed by atoms with Crippen molar-refractivity contribution in [2.45, 2.75) is 13.0 Å². The Kier molecular flexibility index (Phi) is 5.44. The lowest BCUT2D eigenvalue weighted by Crippen LogP contribution is -2.31. The SMILES string of the molecule is COc1ccc(-c2csc(NC(=O)CCn3[nH]c(=O)c4ccccc4c3=O)n2)cc1. The number of nitrogens with zero attached hydrogens (tertiary/aromatic N) is 2. The number of aromatic amines is 1. The van der Waals surface area contributed by atoms with Crippen molar-refractivity contribution in [3.63, 3.8) is 0 Å². The molecule has 0 spiro atoms. The molecular weight excluding hydrogens is 404 g/mol. The predicted molar refractivity (Wildman–Crippen MR) is 116 cm³/mol. The van der Waals surface area contributed by atoms with Gasteiger partial charge in [0.1, 0.15) is 5.75 Å². The van der Waals surface area contributed by atoms with Gasteiger partial charge < -0.3 is 10.1 Å². The summed E-state index contributed by atoms with van der Waals surface area (Å²) in [7, 11) is 1.60.